The molecule has 1 atom stereocenters. The van der Waals surface area contributed by atoms with Gasteiger partial charge in [0, 0.05) is 0 Å². The maximum atomic E-state index is 12.4. The quantitative estimate of drug-likeness (QED) is 0.642. The first-order valence-electron chi connectivity index (χ1n) is 7.02. The van der Waals surface area contributed by atoms with E-state index in [1.54, 1.807) is 20.8 Å². The van der Waals surface area contributed by atoms with Gasteiger partial charge in [-0.1, -0.05) is 30.3 Å². The van der Waals surface area contributed by atoms with Crippen molar-refractivity contribution >= 4 is 7.82 Å². The van der Waals surface area contributed by atoms with E-state index in [9.17, 15) is 9.83 Å². The first-order valence-corrected chi connectivity index (χ1v) is 8.48. The lowest BCUT2D eigenvalue weighted by Crippen LogP contribution is -2.27. The Balaban J connectivity index is 2.74. The fourth-order valence-corrected chi connectivity index (χ4v) is 3.24. The minimum Gasteiger partial charge on any atom is -0.287 e. The molecule has 0 radical (unpaired) electrons. The Bertz CT molecular complexity index is 504. The lowest BCUT2D eigenvalue weighted by molar-refractivity contribution is 0.0524. The normalized spacial score (nSPS) is 14.4. The summed E-state index contributed by atoms with van der Waals surface area (Å²) >= 11 is 0. The van der Waals surface area contributed by atoms with Gasteiger partial charge in [-0.3, -0.25) is 13.6 Å². The van der Waals surface area contributed by atoms with Gasteiger partial charge in [-0.25, -0.2) is 4.57 Å². The molecule has 0 aliphatic carbocycles. The van der Waals surface area contributed by atoms with E-state index in [1.165, 1.54) is 0 Å². The fraction of sp³-hybridized carbons (Fsp3) is 0.533. The number of benzene rings is 1. The van der Waals surface area contributed by atoms with Crippen LogP contribution in [-0.4, -0.2) is 18.8 Å². The van der Waals surface area contributed by atoms with Gasteiger partial charge in [0.25, 0.3) is 0 Å². The number of nitriles is 1. The Morgan fingerprint density at radius 2 is 1.76 bits per heavy atom. The average Bonchev–Trinajstić information content (AvgIpc) is 2.46. The molecule has 1 aromatic carbocycles. The van der Waals surface area contributed by atoms with Crippen LogP contribution >= 0.6 is 7.82 Å². The van der Waals surface area contributed by atoms with Crippen LogP contribution in [-0.2, 0) is 24.6 Å². The summed E-state index contributed by atoms with van der Waals surface area (Å²) < 4.78 is 28.0. The van der Waals surface area contributed by atoms with Gasteiger partial charge in [-0.15, -0.1) is 0 Å². The molecule has 0 bridgehead atoms. The minimum absolute atomic E-state index is 0.192. The Hall–Kier alpha value is -1.18. The van der Waals surface area contributed by atoms with Crippen LogP contribution in [0.1, 0.15) is 32.8 Å². The van der Waals surface area contributed by atoms with Gasteiger partial charge in [0.2, 0.25) is 0 Å². The van der Waals surface area contributed by atoms with E-state index in [4.69, 9.17) is 13.6 Å². The highest BCUT2D eigenvalue weighted by atomic mass is 31.2. The van der Waals surface area contributed by atoms with Crippen molar-refractivity contribution < 1.29 is 18.1 Å². The predicted octanol–water partition coefficient (Wildman–Crippen LogP) is 4.10. The molecule has 0 amide bonds. The van der Waals surface area contributed by atoms with Gasteiger partial charge in [0.1, 0.15) is 0 Å². The zero-order valence-corrected chi connectivity index (χ0v) is 13.6. The van der Waals surface area contributed by atoms with Crippen molar-refractivity contribution in [1.29, 1.82) is 5.26 Å². The molecule has 0 aliphatic heterocycles. The van der Waals surface area contributed by atoms with Crippen LogP contribution < -0.4 is 0 Å². The summed E-state index contributed by atoms with van der Waals surface area (Å²) in [7, 11) is -3.70. The van der Waals surface area contributed by atoms with Crippen LogP contribution in [0.3, 0.4) is 0 Å². The van der Waals surface area contributed by atoms with Gasteiger partial charge < -0.3 is 0 Å². The Morgan fingerprint density at radius 1 is 1.19 bits per heavy atom. The molecule has 0 heterocycles. The van der Waals surface area contributed by atoms with E-state index in [2.05, 4.69) is 6.07 Å². The van der Waals surface area contributed by atoms with E-state index < -0.39 is 13.4 Å². The molecule has 0 saturated carbocycles. The molecule has 0 fully saturated rings. The first kappa shape index (κ1) is 17.9. The molecule has 0 N–H and O–H groups in total. The molecule has 0 saturated heterocycles. The summed E-state index contributed by atoms with van der Waals surface area (Å²) in [6.45, 7) is 5.38. The number of phosphoric ester groups is 1. The number of phosphoric acid groups is 1. The lowest BCUT2D eigenvalue weighted by atomic mass is 9.98. The topological polar surface area (TPSA) is 68.6 Å². The zero-order chi connectivity index (χ0) is 15.8. The van der Waals surface area contributed by atoms with Crippen molar-refractivity contribution in [2.24, 2.45) is 0 Å². The van der Waals surface area contributed by atoms with Gasteiger partial charge in [0.15, 0.2) is 5.60 Å². The van der Waals surface area contributed by atoms with Crippen LogP contribution in [0.2, 0.25) is 0 Å². The Labute approximate surface area is 126 Å². The van der Waals surface area contributed by atoms with Crippen molar-refractivity contribution in [2.45, 2.75) is 39.2 Å². The largest absolute Gasteiger partial charge is 0.476 e. The molecule has 6 heteroatoms. The average molecular weight is 311 g/mol. The molecule has 0 spiro atoms. The summed E-state index contributed by atoms with van der Waals surface area (Å²) in [6, 6.07) is 11.8. The molecule has 0 aromatic heterocycles. The minimum atomic E-state index is -3.70. The maximum Gasteiger partial charge on any atom is 0.476 e. The molecular formula is C15H22NO4P. The van der Waals surface area contributed by atoms with Gasteiger partial charge >= 0.3 is 7.82 Å². The van der Waals surface area contributed by atoms with Crippen LogP contribution in [0.25, 0.3) is 0 Å². The first-order chi connectivity index (χ1) is 9.97. The highest BCUT2D eigenvalue weighted by Crippen LogP contribution is 2.53. The zero-order valence-electron chi connectivity index (χ0n) is 12.7. The molecule has 21 heavy (non-hydrogen) atoms. The van der Waals surface area contributed by atoms with Crippen molar-refractivity contribution in [1.82, 2.24) is 0 Å². The lowest BCUT2D eigenvalue weighted by Gasteiger charge is -2.26. The second kappa shape index (κ2) is 8.31. The van der Waals surface area contributed by atoms with Gasteiger partial charge in [-0.2, -0.15) is 5.26 Å². The van der Waals surface area contributed by atoms with Crippen LogP contribution in [0.15, 0.2) is 30.3 Å². The third kappa shape index (κ3) is 5.99. The van der Waals surface area contributed by atoms with Crippen LogP contribution in [0, 0.1) is 11.3 Å². The van der Waals surface area contributed by atoms with Crippen molar-refractivity contribution in [3.05, 3.63) is 35.9 Å². The van der Waals surface area contributed by atoms with E-state index >= 15 is 0 Å². The molecular weight excluding hydrogens is 289 g/mol. The number of hydrogen-bond donors (Lipinski definition) is 0. The molecule has 5 nitrogen and oxygen atoms in total. The Kier molecular flexibility index (Phi) is 7.07. The molecule has 0 aliphatic rings. The monoisotopic (exact) mass is 311 g/mol. The highest BCUT2D eigenvalue weighted by Gasteiger charge is 2.37. The van der Waals surface area contributed by atoms with Crippen molar-refractivity contribution in [3.63, 3.8) is 0 Å². The number of aryl methyl sites for hydroxylation is 1. The molecule has 116 valence electrons. The van der Waals surface area contributed by atoms with Crippen LogP contribution in [0.4, 0.5) is 0 Å². The summed E-state index contributed by atoms with van der Waals surface area (Å²) in [6.07, 6.45) is 1.04. The third-order valence-electron chi connectivity index (χ3n) is 2.86. The SMILES string of the molecule is CCOP(=O)(OCC)OC(C)(C#N)CCc1ccccc1. The second-order valence-electron chi connectivity index (χ2n) is 4.70. The van der Waals surface area contributed by atoms with Gasteiger partial charge in [-0.05, 0) is 39.2 Å². The van der Waals surface area contributed by atoms with Crippen molar-refractivity contribution in [2.75, 3.05) is 13.2 Å². The number of nitrogens with zero attached hydrogens (tertiary/aromatic N) is 1. The molecule has 1 unspecified atom stereocenters. The fourth-order valence-electron chi connectivity index (χ4n) is 1.80. The molecule has 1 rings (SSSR count). The summed E-state index contributed by atoms with van der Waals surface area (Å²) in [5.74, 6) is 0. The van der Waals surface area contributed by atoms with E-state index in [1.807, 2.05) is 30.3 Å². The van der Waals surface area contributed by atoms with Crippen LogP contribution in [0.5, 0.6) is 0 Å². The summed E-state index contributed by atoms with van der Waals surface area (Å²) in [4.78, 5) is 0. The van der Waals surface area contributed by atoms with Gasteiger partial charge in [0.05, 0.1) is 19.3 Å². The maximum absolute atomic E-state index is 12.4. The Morgan fingerprint density at radius 3 is 2.24 bits per heavy atom. The van der Waals surface area contributed by atoms with E-state index in [0.717, 1.165) is 5.56 Å². The third-order valence-corrected chi connectivity index (χ3v) is 4.63. The number of rotatable bonds is 9. The molecule has 1 aromatic rings. The second-order valence-corrected chi connectivity index (χ2v) is 6.30. The van der Waals surface area contributed by atoms with E-state index in [0.29, 0.717) is 12.8 Å². The highest BCUT2D eigenvalue weighted by molar-refractivity contribution is 7.48. The standard InChI is InChI=1S/C15H22NO4P/c1-4-18-21(17,19-5-2)20-15(3,13-16)12-11-14-9-7-6-8-10-14/h6-10H,4-5,11-12H2,1-3H3. The summed E-state index contributed by atoms with van der Waals surface area (Å²) in [5.41, 5.74) is -0.138. The predicted molar refractivity (Wildman–Crippen MR) is 80.7 cm³/mol. The smallest absolute Gasteiger partial charge is 0.287 e. The van der Waals surface area contributed by atoms with Crippen molar-refractivity contribution in [3.8, 4) is 6.07 Å². The summed E-state index contributed by atoms with van der Waals surface area (Å²) in [5, 5.41) is 9.36. The number of hydrogen-bond acceptors (Lipinski definition) is 5. The van der Waals surface area contributed by atoms with E-state index in [-0.39, 0.29) is 13.2 Å².